The first-order valence-corrected chi connectivity index (χ1v) is 4.71. The molecule has 1 aliphatic heterocycles. The minimum Gasteiger partial charge on any atom is -0.430 e. The van der Waals surface area contributed by atoms with Crippen LogP contribution >= 0.6 is 0 Å². The fourth-order valence-electron chi connectivity index (χ4n) is 1.34. The fraction of sp³-hybridized carbons (Fsp3) is 0.700. The molecule has 0 radical (unpaired) electrons. The van der Waals surface area contributed by atoms with E-state index in [0.29, 0.717) is 0 Å². The smallest absolute Gasteiger partial charge is 0.321 e. The van der Waals surface area contributed by atoms with E-state index in [9.17, 15) is 4.79 Å². The molecule has 2 heteroatoms. The Labute approximate surface area is 73.6 Å². The molecule has 2 nitrogen and oxygen atoms in total. The van der Waals surface area contributed by atoms with Crippen LogP contribution in [0.5, 0.6) is 0 Å². The number of carbonyl (C=O) groups is 1. The summed E-state index contributed by atoms with van der Waals surface area (Å²) in [6.07, 6.45) is 6.15. The van der Waals surface area contributed by atoms with E-state index in [1.807, 2.05) is 6.08 Å². The Hall–Kier alpha value is -0.790. The zero-order valence-electron chi connectivity index (χ0n) is 7.80. The van der Waals surface area contributed by atoms with Gasteiger partial charge in [-0.15, -0.1) is 0 Å². The molecule has 1 fully saturated rings. The first kappa shape index (κ1) is 9.30. The highest BCUT2D eigenvalue weighted by Crippen LogP contribution is 2.30. The predicted molar refractivity (Wildman–Crippen MR) is 47.5 cm³/mol. The number of rotatable bonds is 4. The van der Waals surface area contributed by atoms with E-state index < -0.39 is 0 Å². The number of hydrogen-bond donors (Lipinski definition) is 0. The molecule has 0 aromatic carbocycles. The van der Waals surface area contributed by atoms with Crippen molar-refractivity contribution < 1.29 is 9.53 Å². The first-order valence-electron chi connectivity index (χ1n) is 4.71. The van der Waals surface area contributed by atoms with E-state index in [4.69, 9.17) is 4.74 Å². The third-order valence-electron chi connectivity index (χ3n) is 2.06. The normalized spacial score (nSPS) is 25.3. The summed E-state index contributed by atoms with van der Waals surface area (Å²) >= 11 is 0. The molecule has 0 amide bonds. The van der Waals surface area contributed by atoms with E-state index in [0.717, 1.165) is 31.4 Å². The van der Waals surface area contributed by atoms with Crippen LogP contribution in [0, 0.1) is 5.92 Å². The van der Waals surface area contributed by atoms with Gasteiger partial charge in [0, 0.05) is 0 Å². The maximum absolute atomic E-state index is 10.9. The minimum absolute atomic E-state index is 0.0424. The van der Waals surface area contributed by atoms with Gasteiger partial charge in [0.1, 0.15) is 11.7 Å². The van der Waals surface area contributed by atoms with Crippen molar-refractivity contribution in [3.8, 4) is 0 Å². The molecule has 1 unspecified atom stereocenters. The maximum atomic E-state index is 10.9. The van der Waals surface area contributed by atoms with E-state index in [1.54, 1.807) is 0 Å². The van der Waals surface area contributed by atoms with Gasteiger partial charge in [0.05, 0.1) is 0 Å². The SMILES string of the molecule is CCCC=C1OC(=O)C1CCC. The van der Waals surface area contributed by atoms with Crippen molar-refractivity contribution in [2.45, 2.75) is 39.5 Å². The van der Waals surface area contributed by atoms with Crippen LogP contribution in [-0.2, 0) is 9.53 Å². The van der Waals surface area contributed by atoms with Gasteiger partial charge in [-0.25, -0.2) is 0 Å². The number of cyclic esters (lactones) is 1. The molecular formula is C10H16O2. The molecular weight excluding hydrogens is 152 g/mol. The van der Waals surface area contributed by atoms with Gasteiger partial charge < -0.3 is 4.74 Å². The summed E-state index contributed by atoms with van der Waals surface area (Å²) in [6, 6.07) is 0. The number of esters is 1. The van der Waals surface area contributed by atoms with Gasteiger partial charge in [-0.2, -0.15) is 0 Å². The molecule has 1 saturated heterocycles. The predicted octanol–water partition coefficient (Wildman–Crippen LogP) is 2.64. The molecule has 0 spiro atoms. The second kappa shape index (κ2) is 4.29. The summed E-state index contributed by atoms with van der Waals surface area (Å²) in [5.74, 6) is 0.949. The van der Waals surface area contributed by atoms with Crippen LogP contribution < -0.4 is 0 Å². The third kappa shape index (κ3) is 1.87. The Balaban J connectivity index is 2.42. The number of hydrogen-bond acceptors (Lipinski definition) is 2. The second-order valence-corrected chi connectivity index (χ2v) is 3.16. The molecule has 0 saturated carbocycles. The maximum Gasteiger partial charge on any atom is 0.321 e. The number of allylic oxidation sites excluding steroid dienone is 1. The van der Waals surface area contributed by atoms with Crippen molar-refractivity contribution in [3.63, 3.8) is 0 Å². The zero-order chi connectivity index (χ0) is 8.97. The third-order valence-corrected chi connectivity index (χ3v) is 2.06. The highest BCUT2D eigenvalue weighted by Gasteiger charge is 2.35. The van der Waals surface area contributed by atoms with E-state index in [1.165, 1.54) is 0 Å². The van der Waals surface area contributed by atoms with Crippen LogP contribution in [0.25, 0.3) is 0 Å². The number of carbonyl (C=O) groups excluding carboxylic acids is 1. The van der Waals surface area contributed by atoms with E-state index in [2.05, 4.69) is 13.8 Å². The highest BCUT2D eigenvalue weighted by atomic mass is 16.6. The van der Waals surface area contributed by atoms with Crippen molar-refractivity contribution in [1.82, 2.24) is 0 Å². The monoisotopic (exact) mass is 168 g/mol. The van der Waals surface area contributed by atoms with Crippen molar-refractivity contribution >= 4 is 5.97 Å². The van der Waals surface area contributed by atoms with Gasteiger partial charge in [0.25, 0.3) is 0 Å². The Morgan fingerprint density at radius 1 is 1.42 bits per heavy atom. The first-order chi connectivity index (χ1) is 5.79. The summed E-state index contributed by atoms with van der Waals surface area (Å²) in [5, 5.41) is 0. The van der Waals surface area contributed by atoms with Gasteiger partial charge in [-0.1, -0.05) is 26.7 Å². The summed E-state index contributed by atoms with van der Waals surface area (Å²) in [4.78, 5) is 10.9. The molecule has 68 valence electrons. The van der Waals surface area contributed by atoms with Crippen molar-refractivity contribution in [2.75, 3.05) is 0 Å². The molecule has 0 N–H and O–H groups in total. The van der Waals surface area contributed by atoms with Gasteiger partial charge in [-0.3, -0.25) is 4.79 Å². The molecule has 0 aromatic rings. The lowest BCUT2D eigenvalue weighted by Gasteiger charge is -2.27. The Morgan fingerprint density at radius 2 is 2.17 bits per heavy atom. The Bertz CT molecular complexity index is 194. The molecule has 1 aliphatic rings. The largest absolute Gasteiger partial charge is 0.430 e. The van der Waals surface area contributed by atoms with Gasteiger partial charge in [-0.05, 0) is 18.9 Å². The van der Waals surface area contributed by atoms with Crippen molar-refractivity contribution in [1.29, 1.82) is 0 Å². The lowest BCUT2D eigenvalue weighted by Crippen LogP contribution is -2.32. The fourth-order valence-corrected chi connectivity index (χ4v) is 1.34. The second-order valence-electron chi connectivity index (χ2n) is 3.16. The Kier molecular flexibility index (Phi) is 3.32. The molecule has 0 aromatic heterocycles. The Morgan fingerprint density at radius 3 is 2.67 bits per heavy atom. The van der Waals surface area contributed by atoms with Gasteiger partial charge >= 0.3 is 5.97 Å². The van der Waals surface area contributed by atoms with Crippen LogP contribution in [0.4, 0.5) is 0 Å². The molecule has 0 bridgehead atoms. The molecule has 1 rings (SSSR count). The quantitative estimate of drug-likeness (QED) is 0.603. The standard InChI is InChI=1S/C10H16O2/c1-3-5-7-9-8(6-4-2)10(11)12-9/h7-8H,3-6H2,1-2H3. The molecule has 12 heavy (non-hydrogen) atoms. The lowest BCUT2D eigenvalue weighted by atomic mass is 9.96. The van der Waals surface area contributed by atoms with Crippen LogP contribution in [0.1, 0.15) is 39.5 Å². The molecule has 1 heterocycles. The lowest BCUT2D eigenvalue weighted by molar-refractivity contribution is -0.157. The van der Waals surface area contributed by atoms with Crippen LogP contribution in [0.2, 0.25) is 0 Å². The van der Waals surface area contributed by atoms with Crippen LogP contribution in [0.15, 0.2) is 11.8 Å². The molecule has 1 atom stereocenters. The topological polar surface area (TPSA) is 26.3 Å². The highest BCUT2D eigenvalue weighted by molar-refractivity contribution is 5.82. The van der Waals surface area contributed by atoms with Gasteiger partial charge in [0.2, 0.25) is 0 Å². The average molecular weight is 168 g/mol. The van der Waals surface area contributed by atoms with Crippen LogP contribution in [-0.4, -0.2) is 5.97 Å². The van der Waals surface area contributed by atoms with Crippen LogP contribution in [0.3, 0.4) is 0 Å². The number of unbranched alkanes of at least 4 members (excludes halogenated alkanes) is 1. The van der Waals surface area contributed by atoms with E-state index in [-0.39, 0.29) is 11.9 Å². The minimum atomic E-state index is -0.0424. The van der Waals surface area contributed by atoms with E-state index >= 15 is 0 Å². The summed E-state index contributed by atoms with van der Waals surface area (Å²) in [6.45, 7) is 4.20. The summed E-state index contributed by atoms with van der Waals surface area (Å²) in [5.41, 5.74) is 0. The van der Waals surface area contributed by atoms with Crippen molar-refractivity contribution in [2.24, 2.45) is 5.92 Å². The molecule has 0 aliphatic carbocycles. The van der Waals surface area contributed by atoms with Crippen molar-refractivity contribution in [3.05, 3.63) is 11.8 Å². The average Bonchev–Trinajstić information content (AvgIpc) is 2.08. The summed E-state index contributed by atoms with van der Waals surface area (Å²) in [7, 11) is 0. The van der Waals surface area contributed by atoms with Gasteiger partial charge in [0.15, 0.2) is 0 Å². The number of ether oxygens (including phenoxy) is 1. The summed E-state index contributed by atoms with van der Waals surface area (Å²) < 4.78 is 4.93. The zero-order valence-corrected chi connectivity index (χ0v) is 7.80.